The van der Waals surface area contributed by atoms with Crippen LogP contribution in [0.4, 0.5) is 0 Å². The standard InChI is InChI=1S/C22H26N2O5/c1-22(2,3)29-20(25)10-7-13-24(4)21(26)19-12-11-17(28-19)15-27-18-9-6-5-8-16(18)14-23/h5-6,8-9,11-12H,7,10,13,15H2,1-4H3. The number of ether oxygens (including phenoxy) is 2. The fourth-order valence-electron chi connectivity index (χ4n) is 2.55. The Morgan fingerprint density at radius 1 is 1.17 bits per heavy atom. The molecule has 0 saturated heterocycles. The van der Waals surface area contributed by atoms with Gasteiger partial charge < -0.3 is 18.8 Å². The summed E-state index contributed by atoms with van der Waals surface area (Å²) in [4.78, 5) is 25.7. The molecular weight excluding hydrogens is 372 g/mol. The Hall–Kier alpha value is -3.27. The van der Waals surface area contributed by atoms with E-state index in [1.807, 2.05) is 20.8 Å². The van der Waals surface area contributed by atoms with E-state index in [1.54, 1.807) is 43.4 Å². The maximum Gasteiger partial charge on any atom is 0.306 e. The summed E-state index contributed by atoms with van der Waals surface area (Å²) in [5, 5.41) is 9.08. The molecule has 1 aromatic heterocycles. The van der Waals surface area contributed by atoms with Crippen LogP contribution < -0.4 is 4.74 Å². The molecule has 0 aliphatic heterocycles. The van der Waals surface area contributed by atoms with Crippen LogP contribution in [0.3, 0.4) is 0 Å². The van der Waals surface area contributed by atoms with Gasteiger partial charge in [-0.05, 0) is 51.5 Å². The third-order valence-electron chi connectivity index (χ3n) is 3.89. The van der Waals surface area contributed by atoms with Gasteiger partial charge in [0.1, 0.15) is 29.8 Å². The zero-order valence-corrected chi connectivity index (χ0v) is 17.2. The first-order valence-corrected chi connectivity index (χ1v) is 9.37. The van der Waals surface area contributed by atoms with Crippen molar-refractivity contribution in [2.75, 3.05) is 13.6 Å². The molecular formula is C22H26N2O5. The summed E-state index contributed by atoms with van der Waals surface area (Å²) in [6.07, 6.45) is 0.739. The van der Waals surface area contributed by atoms with Crippen LogP contribution in [0.5, 0.6) is 5.75 Å². The van der Waals surface area contributed by atoms with Crippen LogP contribution in [0.1, 0.15) is 55.5 Å². The number of furan rings is 1. The van der Waals surface area contributed by atoms with Gasteiger partial charge in [-0.15, -0.1) is 0 Å². The van der Waals surface area contributed by atoms with Crippen molar-refractivity contribution in [2.45, 2.75) is 45.8 Å². The average Bonchev–Trinajstić information content (AvgIpc) is 3.13. The largest absolute Gasteiger partial charge is 0.484 e. The van der Waals surface area contributed by atoms with Crippen LogP contribution in [0, 0.1) is 11.3 Å². The van der Waals surface area contributed by atoms with Crippen molar-refractivity contribution in [3.8, 4) is 11.8 Å². The second-order valence-electron chi connectivity index (χ2n) is 7.58. The number of hydrogen-bond donors (Lipinski definition) is 0. The number of carbonyl (C=O) groups is 2. The lowest BCUT2D eigenvalue weighted by molar-refractivity contribution is -0.154. The molecule has 0 radical (unpaired) electrons. The molecule has 2 aromatic rings. The van der Waals surface area contributed by atoms with Crippen molar-refractivity contribution in [3.05, 3.63) is 53.5 Å². The highest BCUT2D eigenvalue weighted by molar-refractivity contribution is 5.91. The van der Waals surface area contributed by atoms with Crippen LogP contribution in [0.25, 0.3) is 0 Å². The van der Waals surface area contributed by atoms with Crippen LogP contribution >= 0.6 is 0 Å². The van der Waals surface area contributed by atoms with Crippen molar-refractivity contribution in [3.63, 3.8) is 0 Å². The van der Waals surface area contributed by atoms with Crippen LogP contribution in [-0.2, 0) is 16.1 Å². The second-order valence-corrected chi connectivity index (χ2v) is 7.58. The normalized spacial score (nSPS) is 10.9. The van der Waals surface area contributed by atoms with E-state index in [4.69, 9.17) is 19.2 Å². The topological polar surface area (TPSA) is 92.8 Å². The highest BCUT2D eigenvalue weighted by atomic mass is 16.6. The predicted molar refractivity (Wildman–Crippen MR) is 106 cm³/mol. The molecule has 0 atom stereocenters. The van der Waals surface area contributed by atoms with Gasteiger partial charge in [0.05, 0.1) is 5.56 Å². The molecule has 1 heterocycles. The molecule has 1 aromatic carbocycles. The molecule has 29 heavy (non-hydrogen) atoms. The number of carbonyl (C=O) groups excluding carboxylic acids is 2. The van der Waals surface area contributed by atoms with Gasteiger partial charge in [-0.25, -0.2) is 0 Å². The van der Waals surface area contributed by atoms with E-state index in [9.17, 15) is 9.59 Å². The number of para-hydroxylation sites is 1. The van der Waals surface area contributed by atoms with Gasteiger partial charge >= 0.3 is 5.97 Å². The third-order valence-corrected chi connectivity index (χ3v) is 3.89. The van der Waals surface area contributed by atoms with E-state index in [0.29, 0.717) is 30.0 Å². The summed E-state index contributed by atoms with van der Waals surface area (Å²) in [5.41, 5.74) is -0.0841. The average molecular weight is 398 g/mol. The van der Waals surface area contributed by atoms with Crippen LogP contribution in [-0.4, -0.2) is 36.0 Å². The lowest BCUT2D eigenvalue weighted by atomic mass is 10.2. The molecule has 154 valence electrons. The van der Waals surface area contributed by atoms with E-state index in [0.717, 1.165) is 0 Å². The van der Waals surface area contributed by atoms with Gasteiger partial charge in [0, 0.05) is 20.0 Å². The summed E-state index contributed by atoms with van der Waals surface area (Å²) >= 11 is 0. The van der Waals surface area contributed by atoms with Gasteiger partial charge in [-0.2, -0.15) is 5.26 Å². The van der Waals surface area contributed by atoms with E-state index in [-0.39, 0.29) is 30.7 Å². The van der Waals surface area contributed by atoms with Crippen molar-refractivity contribution < 1.29 is 23.5 Å². The monoisotopic (exact) mass is 398 g/mol. The third kappa shape index (κ3) is 7.00. The van der Waals surface area contributed by atoms with Gasteiger partial charge in [-0.1, -0.05) is 12.1 Å². The molecule has 7 nitrogen and oxygen atoms in total. The minimum absolute atomic E-state index is 0.105. The minimum Gasteiger partial charge on any atom is -0.484 e. The fraction of sp³-hybridized carbons (Fsp3) is 0.409. The summed E-state index contributed by atoms with van der Waals surface area (Å²) in [6, 6.07) is 12.2. The number of hydrogen-bond acceptors (Lipinski definition) is 6. The van der Waals surface area contributed by atoms with Crippen molar-refractivity contribution in [2.24, 2.45) is 0 Å². The molecule has 2 rings (SSSR count). The molecule has 0 unspecified atom stereocenters. The first-order valence-electron chi connectivity index (χ1n) is 9.37. The molecule has 0 aliphatic carbocycles. The number of amides is 1. The Morgan fingerprint density at radius 3 is 2.59 bits per heavy atom. The van der Waals surface area contributed by atoms with Gasteiger partial charge in [0.2, 0.25) is 0 Å². The highest BCUT2D eigenvalue weighted by Gasteiger charge is 2.19. The number of esters is 1. The Morgan fingerprint density at radius 2 is 1.90 bits per heavy atom. The van der Waals surface area contributed by atoms with E-state index in [2.05, 4.69) is 6.07 Å². The highest BCUT2D eigenvalue weighted by Crippen LogP contribution is 2.19. The first kappa shape index (κ1) is 22.0. The zero-order chi connectivity index (χ0) is 21.4. The summed E-state index contributed by atoms with van der Waals surface area (Å²) < 4.78 is 16.4. The Kier molecular flexibility index (Phi) is 7.43. The van der Waals surface area contributed by atoms with E-state index >= 15 is 0 Å². The molecule has 0 aliphatic rings. The zero-order valence-electron chi connectivity index (χ0n) is 17.2. The SMILES string of the molecule is CN(CCCC(=O)OC(C)(C)C)C(=O)c1ccc(COc2ccccc2C#N)o1. The van der Waals surface area contributed by atoms with E-state index < -0.39 is 5.60 Å². The fourth-order valence-corrected chi connectivity index (χ4v) is 2.55. The van der Waals surface area contributed by atoms with Crippen molar-refractivity contribution in [1.29, 1.82) is 5.26 Å². The van der Waals surface area contributed by atoms with Gasteiger partial charge in [0.25, 0.3) is 5.91 Å². The first-order chi connectivity index (χ1) is 13.7. The van der Waals surface area contributed by atoms with Crippen LogP contribution in [0.2, 0.25) is 0 Å². The number of rotatable bonds is 8. The van der Waals surface area contributed by atoms with Crippen molar-refractivity contribution >= 4 is 11.9 Å². The predicted octanol–water partition coefficient (Wildman–Crippen LogP) is 3.92. The van der Waals surface area contributed by atoms with Crippen LogP contribution in [0.15, 0.2) is 40.8 Å². The molecule has 0 spiro atoms. The molecule has 0 bridgehead atoms. The maximum atomic E-state index is 12.5. The number of nitrogens with zero attached hydrogens (tertiary/aromatic N) is 2. The Bertz CT molecular complexity index is 889. The summed E-state index contributed by atoms with van der Waals surface area (Å²) in [7, 11) is 1.65. The molecule has 0 saturated carbocycles. The van der Waals surface area contributed by atoms with Crippen molar-refractivity contribution in [1.82, 2.24) is 4.90 Å². The molecule has 0 N–H and O–H groups in total. The number of benzene rings is 1. The number of nitriles is 1. The van der Waals surface area contributed by atoms with E-state index in [1.165, 1.54) is 4.90 Å². The lowest BCUT2D eigenvalue weighted by Gasteiger charge is -2.20. The van der Waals surface area contributed by atoms with Gasteiger partial charge in [0.15, 0.2) is 5.76 Å². The van der Waals surface area contributed by atoms with Gasteiger partial charge in [-0.3, -0.25) is 9.59 Å². The summed E-state index contributed by atoms with van der Waals surface area (Å²) in [5.74, 6) is 0.560. The molecule has 0 fully saturated rings. The lowest BCUT2D eigenvalue weighted by Crippen LogP contribution is -2.29. The minimum atomic E-state index is -0.515. The Balaban J connectivity index is 1.83. The summed E-state index contributed by atoms with van der Waals surface area (Å²) in [6.45, 7) is 5.96. The molecule has 7 heteroatoms. The smallest absolute Gasteiger partial charge is 0.306 e. The molecule has 1 amide bonds. The second kappa shape index (κ2) is 9.78. The maximum absolute atomic E-state index is 12.5. The quantitative estimate of drug-likeness (QED) is 0.626. The Labute approximate surface area is 170 Å².